The average molecular weight is 395 g/mol. The fraction of sp³-hybridized carbons (Fsp3) is 0.556. The number of halogens is 1. The number of ether oxygens (including phenoxy) is 2. The molecule has 0 aromatic carbocycles. The fourth-order valence-corrected chi connectivity index (χ4v) is 3.08. The summed E-state index contributed by atoms with van der Waals surface area (Å²) < 4.78 is 12.3. The first-order valence-electron chi connectivity index (χ1n) is 8.81. The van der Waals surface area contributed by atoms with Gasteiger partial charge in [0.25, 0.3) is 0 Å². The maximum Gasteiger partial charge on any atom is 0.415 e. The number of carbonyl (C=O) groups is 2. The molecule has 2 aromatic heterocycles. The topological polar surface area (TPSA) is 86.0 Å². The Labute approximate surface area is 162 Å². The number of hydrogen-bond donors (Lipinski definition) is 0. The molecule has 8 nitrogen and oxygen atoms in total. The van der Waals surface area contributed by atoms with E-state index in [0.29, 0.717) is 23.6 Å². The lowest BCUT2D eigenvalue weighted by atomic mass is 10.1. The van der Waals surface area contributed by atoms with Crippen molar-refractivity contribution < 1.29 is 19.1 Å². The quantitative estimate of drug-likeness (QED) is 0.582. The molecule has 3 heterocycles. The van der Waals surface area contributed by atoms with Crippen molar-refractivity contribution in [3.05, 3.63) is 23.0 Å². The first-order valence-corrected chi connectivity index (χ1v) is 9.19. The summed E-state index contributed by atoms with van der Waals surface area (Å²) in [5.74, 6) is 0.243. The van der Waals surface area contributed by atoms with Crippen LogP contribution in [0, 0.1) is 0 Å². The zero-order valence-corrected chi connectivity index (χ0v) is 16.6. The normalized spacial score (nSPS) is 17.3. The van der Waals surface area contributed by atoms with Crippen LogP contribution in [0.1, 0.15) is 50.4 Å². The second kappa shape index (κ2) is 7.44. The molecule has 1 atom stereocenters. The Kier molecular flexibility index (Phi) is 5.39. The molecule has 0 bridgehead atoms. The smallest absolute Gasteiger partial charge is 0.415 e. The van der Waals surface area contributed by atoms with Crippen LogP contribution in [0.25, 0.3) is 5.65 Å². The summed E-state index contributed by atoms with van der Waals surface area (Å²) >= 11 is 6.14. The van der Waals surface area contributed by atoms with Gasteiger partial charge in [0.15, 0.2) is 11.4 Å². The van der Waals surface area contributed by atoms with Gasteiger partial charge < -0.3 is 9.47 Å². The van der Waals surface area contributed by atoms with Gasteiger partial charge in [0.2, 0.25) is 0 Å². The second-order valence-electron chi connectivity index (χ2n) is 7.53. The van der Waals surface area contributed by atoms with Gasteiger partial charge in [-0.25, -0.2) is 9.78 Å². The van der Waals surface area contributed by atoms with Crippen LogP contribution in [-0.4, -0.2) is 51.8 Å². The van der Waals surface area contributed by atoms with E-state index >= 15 is 0 Å². The highest BCUT2D eigenvalue weighted by atomic mass is 35.5. The van der Waals surface area contributed by atoms with E-state index in [4.69, 9.17) is 21.1 Å². The molecule has 0 spiro atoms. The molecule has 27 heavy (non-hydrogen) atoms. The molecule has 1 aliphatic heterocycles. The maximum atomic E-state index is 12.7. The van der Waals surface area contributed by atoms with Gasteiger partial charge in [0.1, 0.15) is 16.6 Å². The predicted molar refractivity (Wildman–Crippen MR) is 101 cm³/mol. The van der Waals surface area contributed by atoms with E-state index in [2.05, 4.69) is 10.1 Å². The third kappa shape index (κ3) is 4.39. The largest absolute Gasteiger partial charge is 0.443 e. The van der Waals surface area contributed by atoms with Gasteiger partial charge in [-0.2, -0.15) is 9.61 Å². The summed E-state index contributed by atoms with van der Waals surface area (Å²) in [6.07, 6.45) is 2.91. The van der Waals surface area contributed by atoms with E-state index in [9.17, 15) is 9.59 Å². The van der Waals surface area contributed by atoms with Crippen LogP contribution in [0.15, 0.2) is 12.3 Å². The molecule has 0 saturated carbocycles. The highest BCUT2D eigenvalue weighted by Gasteiger charge is 2.26. The molecule has 1 unspecified atom stereocenters. The van der Waals surface area contributed by atoms with Crippen LogP contribution in [-0.2, 0) is 9.47 Å². The monoisotopic (exact) mass is 394 g/mol. The van der Waals surface area contributed by atoms with Gasteiger partial charge in [-0.05, 0) is 33.6 Å². The molecule has 0 N–H and O–H groups in total. The maximum absolute atomic E-state index is 12.7. The third-order valence-electron chi connectivity index (χ3n) is 4.17. The Balaban J connectivity index is 1.92. The van der Waals surface area contributed by atoms with Crippen molar-refractivity contribution in [1.82, 2.24) is 14.6 Å². The minimum atomic E-state index is -0.645. The molecule has 1 fully saturated rings. The summed E-state index contributed by atoms with van der Waals surface area (Å²) in [7, 11) is 1.55. The number of aromatic nitrogens is 3. The first-order chi connectivity index (χ1) is 12.7. The number of fused-ring (bicyclic) bond motifs is 1. The van der Waals surface area contributed by atoms with Crippen LogP contribution in [0.4, 0.5) is 10.6 Å². The van der Waals surface area contributed by atoms with E-state index < -0.39 is 11.7 Å². The lowest BCUT2D eigenvalue weighted by Crippen LogP contribution is -2.35. The molecule has 1 aliphatic rings. The van der Waals surface area contributed by atoms with Gasteiger partial charge in [-0.3, -0.25) is 9.69 Å². The Morgan fingerprint density at radius 2 is 2.19 bits per heavy atom. The number of nitrogens with zero attached hydrogens (tertiary/aromatic N) is 4. The number of carbonyl (C=O) groups excluding carboxylic acids is 2. The van der Waals surface area contributed by atoms with E-state index in [0.717, 1.165) is 12.8 Å². The van der Waals surface area contributed by atoms with Crippen LogP contribution in [0.5, 0.6) is 0 Å². The third-order valence-corrected chi connectivity index (χ3v) is 4.36. The van der Waals surface area contributed by atoms with Gasteiger partial charge >= 0.3 is 6.09 Å². The Morgan fingerprint density at radius 1 is 1.44 bits per heavy atom. The Hall–Kier alpha value is -2.19. The van der Waals surface area contributed by atoms with Crippen molar-refractivity contribution in [2.24, 2.45) is 0 Å². The van der Waals surface area contributed by atoms with E-state index in [-0.39, 0.29) is 23.5 Å². The molecular weight excluding hydrogens is 372 g/mol. The van der Waals surface area contributed by atoms with E-state index in [1.165, 1.54) is 21.7 Å². The number of anilines is 1. The van der Waals surface area contributed by atoms with Crippen LogP contribution >= 0.6 is 11.6 Å². The molecule has 3 rings (SSSR count). The van der Waals surface area contributed by atoms with Gasteiger partial charge in [-0.15, -0.1) is 0 Å². The fourth-order valence-electron chi connectivity index (χ4n) is 2.90. The summed E-state index contributed by atoms with van der Waals surface area (Å²) in [5, 5.41) is 4.39. The van der Waals surface area contributed by atoms with Crippen molar-refractivity contribution >= 4 is 34.9 Å². The standard InChI is InChI=1S/C18H23ClN4O4/c1-18(2,3)27-17(25)22(4)15-9-14(19)21-16-12(10-20-23(15)16)13(24)8-11-6-5-7-26-11/h9-11H,5-8H2,1-4H3. The lowest BCUT2D eigenvalue weighted by molar-refractivity contribution is 0.0587. The minimum Gasteiger partial charge on any atom is -0.443 e. The van der Waals surface area contributed by atoms with Crippen molar-refractivity contribution in [3.8, 4) is 0 Å². The molecule has 0 radical (unpaired) electrons. The summed E-state index contributed by atoms with van der Waals surface area (Å²) in [5.41, 5.74) is 0.0103. The summed E-state index contributed by atoms with van der Waals surface area (Å²) in [4.78, 5) is 30.6. The average Bonchev–Trinajstić information content (AvgIpc) is 3.20. The second-order valence-corrected chi connectivity index (χ2v) is 7.92. The number of amides is 1. The molecule has 2 aromatic rings. The van der Waals surface area contributed by atoms with E-state index in [1.54, 1.807) is 27.8 Å². The van der Waals surface area contributed by atoms with Gasteiger partial charge in [0.05, 0.1) is 17.9 Å². The van der Waals surface area contributed by atoms with Crippen LogP contribution in [0.2, 0.25) is 5.15 Å². The first kappa shape index (κ1) is 19.6. The van der Waals surface area contributed by atoms with Gasteiger partial charge in [0, 0.05) is 26.1 Å². The Bertz CT molecular complexity index is 868. The van der Waals surface area contributed by atoms with Crippen molar-refractivity contribution in [3.63, 3.8) is 0 Å². The van der Waals surface area contributed by atoms with Crippen molar-refractivity contribution in [1.29, 1.82) is 0 Å². The number of ketones is 1. The van der Waals surface area contributed by atoms with Crippen LogP contribution < -0.4 is 4.90 Å². The Morgan fingerprint density at radius 3 is 2.81 bits per heavy atom. The number of hydrogen-bond acceptors (Lipinski definition) is 6. The molecule has 146 valence electrons. The van der Waals surface area contributed by atoms with Crippen molar-refractivity contribution in [2.75, 3.05) is 18.6 Å². The molecule has 9 heteroatoms. The molecule has 1 saturated heterocycles. The zero-order chi connectivity index (χ0) is 19.8. The van der Waals surface area contributed by atoms with Gasteiger partial charge in [-0.1, -0.05) is 11.6 Å². The highest BCUT2D eigenvalue weighted by molar-refractivity contribution is 6.30. The lowest BCUT2D eigenvalue weighted by Gasteiger charge is -2.24. The van der Waals surface area contributed by atoms with Crippen molar-refractivity contribution in [2.45, 2.75) is 51.7 Å². The van der Waals surface area contributed by atoms with Crippen LogP contribution in [0.3, 0.4) is 0 Å². The summed E-state index contributed by atoms with van der Waals surface area (Å²) in [6, 6.07) is 1.50. The molecule has 1 amide bonds. The predicted octanol–water partition coefficient (Wildman–Crippen LogP) is 3.51. The molecular formula is C18H23ClN4O4. The summed E-state index contributed by atoms with van der Waals surface area (Å²) in [6.45, 7) is 6.03. The number of rotatable bonds is 4. The minimum absolute atomic E-state index is 0.0736. The zero-order valence-electron chi connectivity index (χ0n) is 15.9. The highest BCUT2D eigenvalue weighted by Crippen LogP contribution is 2.25. The number of Topliss-reactive ketones (excluding diaryl/α,β-unsaturated/α-hetero) is 1. The van der Waals surface area contributed by atoms with E-state index in [1.807, 2.05) is 0 Å². The molecule has 0 aliphatic carbocycles. The SMILES string of the molecule is CN(C(=O)OC(C)(C)C)c1cc(Cl)nc2c(C(=O)CC3CCCO3)cnn12.